The molecule has 8 heteroatoms. The molecule has 7 nitrogen and oxygen atoms in total. The standard InChI is InChI=1S/C16H19ClN6O/c1-9(15-20-21-22-23(15)10-5-6-10)18-16(24)19-14-8-7-11-12(14)3-2-4-13(11)17/h2-4,9-10,14H,5-8H2,1H3,(H2,18,19,24)/t9-,14+/m1/s1. The summed E-state index contributed by atoms with van der Waals surface area (Å²) in [6, 6.07) is 5.74. The summed E-state index contributed by atoms with van der Waals surface area (Å²) in [7, 11) is 0. The van der Waals surface area contributed by atoms with Crippen LogP contribution in [0.25, 0.3) is 0 Å². The van der Waals surface area contributed by atoms with Gasteiger partial charge in [-0.3, -0.25) is 0 Å². The van der Waals surface area contributed by atoms with E-state index in [0.717, 1.165) is 41.8 Å². The highest BCUT2D eigenvalue weighted by molar-refractivity contribution is 6.31. The number of benzene rings is 1. The maximum atomic E-state index is 12.4. The molecule has 4 rings (SSSR count). The molecule has 2 atom stereocenters. The zero-order chi connectivity index (χ0) is 16.7. The van der Waals surface area contributed by atoms with E-state index < -0.39 is 0 Å². The van der Waals surface area contributed by atoms with E-state index in [1.165, 1.54) is 0 Å². The topological polar surface area (TPSA) is 84.7 Å². The first-order valence-corrected chi connectivity index (χ1v) is 8.63. The van der Waals surface area contributed by atoms with E-state index in [0.29, 0.717) is 11.9 Å². The first kappa shape index (κ1) is 15.4. The van der Waals surface area contributed by atoms with Gasteiger partial charge in [0, 0.05) is 5.02 Å². The van der Waals surface area contributed by atoms with Gasteiger partial charge in [0.15, 0.2) is 5.82 Å². The van der Waals surface area contributed by atoms with Gasteiger partial charge in [0.1, 0.15) is 0 Å². The van der Waals surface area contributed by atoms with Gasteiger partial charge in [-0.15, -0.1) is 5.10 Å². The number of aromatic nitrogens is 4. The minimum Gasteiger partial charge on any atom is -0.331 e. The maximum absolute atomic E-state index is 12.4. The highest BCUT2D eigenvalue weighted by Crippen LogP contribution is 2.36. The van der Waals surface area contributed by atoms with Gasteiger partial charge in [0.05, 0.1) is 18.1 Å². The van der Waals surface area contributed by atoms with Crippen LogP contribution in [0.3, 0.4) is 0 Å². The second-order valence-electron chi connectivity index (χ2n) is 6.45. The van der Waals surface area contributed by atoms with Gasteiger partial charge >= 0.3 is 6.03 Å². The van der Waals surface area contributed by atoms with Crippen LogP contribution in [-0.4, -0.2) is 26.2 Å². The SMILES string of the molecule is C[C@@H](NC(=O)N[C@H]1CCc2c(Cl)cccc21)c1nnnn1C1CC1. The minimum atomic E-state index is -0.249. The molecular weight excluding hydrogens is 328 g/mol. The monoisotopic (exact) mass is 346 g/mol. The van der Waals surface area contributed by atoms with Crippen molar-refractivity contribution in [2.45, 2.75) is 50.7 Å². The third-order valence-corrected chi connectivity index (χ3v) is 5.02. The number of nitrogens with zero attached hydrogens (tertiary/aromatic N) is 4. The molecule has 1 saturated carbocycles. The lowest BCUT2D eigenvalue weighted by Gasteiger charge is -2.18. The lowest BCUT2D eigenvalue weighted by atomic mass is 10.1. The molecule has 0 bridgehead atoms. The number of carbonyl (C=O) groups is 1. The van der Waals surface area contributed by atoms with Gasteiger partial charge < -0.3 is 10.6 Å². The molecule has 2 N–H and O–H groups in total. The van der Waals surface area contributed by atoms with E-state index >= 15 is 0 Å². The Bertz CT molecular complexity index is 772. The fourth-order valence-corrected chi connectivity index (χ4v) is 3.56. The molecule has 2 aliphatic rings. The van der Waals surface area contributed by atoms with Crippen molar-refractivity contribution >= 4 is 17.6 Å². The number of carbonyl (C=O) groups excluding carboxylic acids is 1. The van der Waals surface area contributed by atoms with E-state index in [1.54, 1.807) is 0 Å². The van der Waals surface area contributed by atoms with Gasteiger partial charge in [-0.1, -0.05) is 23.7 Å². The van der Waals surface area contributed by atoms with E-state index in [-0.39, 0.29) is 18.1 Å². The zero-order valence-electron chi connectivity index (χ0n) is 13.4. The lowest BCUT2D eigenvalue weighted by Crippen LogP contribution is -2.39. The molecular formula is C16H19ClN6O. The number of halogens is 1. The quantitative estimate of drug-likeness (QED) is 0.891. The van der Waals surface area contributed by atoms with Crippen LogP contribution >= 0.6 is 11.6 Å². The van der Waals surface area contributed by atoms with Crippen LogP contribution < -0.4 is 10.6 Å². The van der Waals surface area contributed by atoms with Crippen molar-refractivity contribution in [3.63, 3.8) is 0 Å². The normalized spacial score (nSPS) is 20.5. The molecule has 2 amide bonds. The molecule has 1 aromatic heterocycles. The number of rotatable bonds is 4. The number of hydrogen-bond acceptors (Lipinski definition) is 4. The molecule has 1 heterocycles. The Labute approximate surface area is 144 Å². The largest absolute Gasteiger partial charge is 0.331 e. The molecule has 24 heavy (non-hydrogen) atoms. The number of fused-ring (bicyclic) bond motifs is 1. The van der Waals surface area contributed by atoms with Crippen molar-refractivity contribution in [2.24, 2.45) is 0 Å². The van der Waals surface area contributed by atoms with Crippen LogP contribution in [0.2, 0.25) is 5.02 Å². The number of hydrogen-bond donors (Lipinski definition) is 2. The Kier molecular flexibility index (Phi) is 3.88. The summed E-state index contributed by atoms with van der Waals surface area (Å²) in [4.78, 5) is 12.4. The van der Waals surface area contributed by atoms with Gasteiger partial charge in [-0.2, -0.15) is 0 Å². The number of urea groups is 1. The summed E-state index contributed by atoms with van der Waals surface area (Å²) in [5.74, 6) is 0.697. The average molecular weight is 347 g/mol. The first-order valence-electron chi connectivity index (χ1n) is 8.25. The van der Waals surface area contributed by atoms with Crippen molar-refractivity contribution in [1.82, 2.24) is 30.8 Å². The molecule has 2 aliphatic carbocycles. The van der Waals surface area contributed by atoms with Gasteiger partial charge in [0.2, 0.25) is 0 Å². The van der Waals surface area contributed by atoms with Crippen LogP contribution in [-0.2, 0) is 6.42 Å². The Morgan fingerprint density at radius 1 is 1.38 bits per heavy atom. The second-order valence-corrected chi connectivity index (χ2v) is 6.86. The predicted molar refractivity (Wildman–Crippen MR) is 88.7 cm³/mol. The van der Waals surface area contributed by atoms with Crippen molar-refractivity contribution in [3.05, 3.63) is 40.2 Å². The van der Waals surface area contributed by atoms with Crippen LogP contribution in [0.5, 0.6) is 0 Å². The van der Waals surface area contributed by atoms with Gasteiger partial charge in [-0.25, -0.2) is 9.48 Å². The van der Waals surface area contributed by atoms with E-state index in [2.05, 4.69) is 26.2 Å². The molecule has 0 spiro atoms. The fourth-order valence-electron chi connectivity index (χ4n) is 3.29. The summed E-state index contributed by atoms with van der Waals surface area (Å²) in [6.45, 7) is 1.89. The molecule has 0 aliphatic heterocycles. The third kappa shape index (κ3) is 2.84. The van der Waals surface area contributed by atoms with E-state index in [4.69, 9.17) is 11.6 Å². The maximum Gasteiger partial charge on any atom is 0.315 e. The van der Waals surface area contributed by atoms with Gasteiger partial charge in [-0.05, 0) is 60.2 Å². The van der Waals surface area contributed by atoms with E-state index in [1.807, 2.05) is 29.8 Å². The van der Waals surface area contributed by atoms with Crippen molar-refractivity contribution in [1.29, 1.82) is 0 Å². The van der Waals surface area contributed by atoms with Crippen LogP contribution in [0, 0.1) is 0 Å². The number of amides is 2. The summed E-state index contributed by atoms with van der Waals surface area (Å²) < 4.78 is 1.82. The second kappa shape index (κ2) is 6.05. The third-order valence-electron chi connectivity index (χ3n) is 4.66. The molecule has 0 unspecified atom stereocenters. The Morgan fingerprint density at radius 2 is 2.21 bits per heavy atom. The van der Waals surface area contributed by atoms with Crippen LogP contribution in [0.1, 0.15) is 61.3 Å². The zero-order valence-corrected chi connectivity index (χ0v) is 14.1. The summed E-state index contributed by atoms with van der Waals surface area (Å²) >= 11 is 6.22. The molecule has 0 radical (unpaired) electrons. The summed E-state index contributed by atoms with van der Waals surface area (Å²) in [5, 5.41) is 18.5. The number of nitrogens with one attached hydrogen (secondary N) is 2. The van der Waals surface area contributed by atoms with Crippen LogP contribution in [0.4, 0.5) is 4.79 Å². The molecule has 0 saturated heterocycles. The highest BCUT2D eigenvalue weighted by Gasteiger charge is 2.30. The van der Waals surface area contributed by atoms with Crippen LogP contribution in [0.15, 0.2) is 18.2 Å². The van der Waals surface area contributed by atoms with Gasteiger partial charge in [0.25, 0.3) is 0 Å². The van der Waals surface area contributed by atoms with E-state index in [9.17, 15) is 4.79 Å². The first-order chi connectivity index (χ1) is 11.6. The van der Waals surface area contributed by atoms with Crippen molar-refractivity contribution in [2.75, 3.05) is 0 Å². The Hall–Kier alpha value is -2.15. The molecule has 1 aromatic carbocycles. The fraction of sp³-hybridized carbons (Fsp3) is 0.500. The summed E-state index contributed by atoms with van der Waals surface area (Å²) in [5.41, 5.74) is 2.24. The Morgan fingerprint density at radius 3 is 3.00 bits per heavy atom. The predicted octanol–water partition coefficient (Wildman–Crippen LogP) is 2.71. The highest BCUT2D eigenvalue weighted by atomic mass is 35.5. The van der Waals surface area contributed by atoms with Crippen molar-refractivity contribution < 1.29 is 4.79 Å². The molecule has 126 valence electrons. The minimum absolute atomic E-state index is 0.00896. The summed E-state index contributed by atoms with van der Waals surface area (Å²) in [6.07, 6.45) is 3.93. The lowest BCUT2D eigenvalue weighted by molar-refractivity contribution is 0.233. The molecule has 2 aromatic rings. The number of tetrazole rings is 1. The Balaban J connectivity index is 1.41. The average Bonchev–Trinajstić information content (AvgIpc) is 3.13. The molecule has 1 fully saturated rings. The smallest absolute Gasteiger partial charge is 0.315 e. The van der Waals surface area contributed by atoms with Crippen molar-refractivity contribution in [3.8, 4) is 0 Å².